The normalized spacial score (nSPS) is 27.7. The number of sulfone groups is 1. The molecule has 5 nitrogen and oxygen atoms in total. The van der Waals surface area contributed by atoms with Crippen LogP contribution in [0.2, 0.25) is 0 Å². The van der Waals surface area contributed by atoms with Crippen LogP contribution < -0.4 is 5.32 Å². The van der Waals surface area contributed by atoms with Gasteiger partial charge in [-0.3, -0.25) is 0 Å². The van der Waals surface area contributed by atoms with Crippen LogP contribution in [0.25, 0.3) is 0 Å². The van der Waals surface area contributed by atoms with Crippen LogP contribution in [0.3, 0.4) is 0 Å². The first-order valence-corrected chi connectivity index (χ1v) is 6.49. The van der Waals surface area contributed by atoms with Crippen LogP contribution in [-0.2, 0) is 9.84 Å². The molecule has 0 radical (unpaired) electrons. The first-order chi connectivity index (χ1) is 6.56. The molecule has 2 atom stereocenters. The molecule has 1 saturated heterocycles. The van der Waals surface area contributed by atoms with E-state index in [4.69, 9.17) is 10.2 Å². The lowest BCUT2D eigenvalue weighted by atomic mass is 10.2. The summed E-state index contributed by atoms with van der Waals surface area (Å²) in [6.07, 6.45) is 0.626. The zero-order chi connectivity index (χ0) is 10.6. The van der Waals surface area contributed by atoms with Gasteiger partial charge in [-0.1, -0.05) is 0 Å². The molecule has 84 valence electrons. The molecule has 1 aliphatic heterocycles. The minimum Gasteiger partial charge on any atom is -0.394 e. The van der Waals surface area contributed by atoms with Crippen LogP contribution in [0, 0.1) is 0 Å². The average Bonchev–Trinajstić information content (AvgIpc) is 2.45. The Labute approximate surface area is 84.1 Å². The fourth-order valence-corrected chi connectivity index (χ4v) is 3.36. The zero-order valence-electron chi connectivity index (χ0n) is 8.02. The monoisotopic (exact) mass is 223 g/mol. The maximum atomic E-state index is 11.4. The maximum Gasteiger partial charge on any atom is 0.154 e. The van der Waals surface area contributed by atoms with Crippen molar-refractivity contribution in [2.75, 3.05) is 25.4 Å². The van der Waals surface area contributed by atoms with E-state index in [1.165, 1.54) is 0 Å². The maximum absolute atomic E-state index is 11.4. The minimum absolute atomic E-state index is 0.239. The Hall–Kier alpha value is -0.170. The second kappa shape index (κ2) is 5.06. The number of aliphatic hydroxyl groups excluding tert-OH is 2. The molecular weight excluding hydrogens is 206 g/mol. The van der Waals surface area contributed by atoms with Gasteiger partial charge in [-0.05, 0) is 12.8 Å². The first kappa shape index (κ1) is 11.9. The highest BCUT2D eigenvalue weighted by molar-refractivity contribution is 7.92. The van der Waals surface area contributed by atoms with Crippen molar-refractivity contribution in [3.8, 4) is 0 Å². The first-order valence-electron chi connectivity index (χ1n) is 4.77. The fraction of sp³-hybridized carbons (Fsp3) is 1.00. The van der Waals surface area contributed by atoms with Gasteiger partial charge in [0, 0.05) is 13.1 Å². The smallest absolute Gasteiger partial charge is 0.154 e. The van der Waals surface area contributed by atoms with Gasteiger partial charge in [-0.25, -0.2) is 8.42 Å². The van der Waals surface area contributed by atoms with Gasteiger partial charge in [0.1, 0.15) is 0 Å². The van der Waals surface area contributed by atoms with Gasteiger partial charge in [0.25, 0.3) is 0 Å². The summed E-state index contributed by atoms with van der Waals surface area (Å²) in [5.74, 6) is 0.280. The Kier molecular flexibility index (Phi) is 4.31. The molecule has 3 N–H and O–H groups in total. The highest BCUT2D eigenvalue weighted by Gasteiger charge is 2.30. The molecule has 1 aliphatic rings. The second-order valence-corrected chi connectivity index (χ2v) is 6.03. The largest absolute Gasteiger partial charge is 0.394 e. The molecule has 6 heteroatoms. The molecule has 0 aromatic carbocycles. The molecule has 0 amide bonds. The van der Waals surface area contributed by atoms with Crippen molar-refractivity contribution < 1.29 is 18.6 Å². The van der Waals surface area contributed by atoms with E-state index in [0.717, 1.165) is 6.42 Å². The van der Waals surface area contributed by atoms with Crippen LogP contribution in [0.15, 0.2) is 0 Å². The van der Waals surface area contributed by atoms with Gasteiger partial charge in [0.15, 0.2) is 9.84 Å². The van der Waals surface area contributed by atoms with Crippen LogP contribution in [0.5, 0.6) is 0 Å². The van der Waals surface area contributed by atoms with Crippen LogP contribution in [0.4, 0.5) is 0 Å². The summed E-state index contributed by atoms with van der Waals surface area (Å²) in [5.41, 5.74) is 0. The standard InChI is InChI=1S/C8H17NO4S/c10-6-7(11)4-9-5-8-2-1-3-14(8,12)13/h7-11H,1-6H2/t7-,8?/m0/s1. The number of aliphatic hydroxyl groups is 2. The highest BCUT2D eigenvalue weighted by atomic mass is 32.2. The van der Waals surface area contributed by atoms with E-state index in [0.29, 0.717) is 13.0 Å². The molecule has 0 spiro atoms. The molecule has 1 unspecified atom stereocenters. The number of nitrogens with one attached hydrogen (secondary N) is 1. The third-order valence-electron chi connectivity index (χ3n) is 2.43. The van der Waals surface area contributed by atoms with Gasteiger partial charge in [0.2, 0.25) is 0 Å². The van der Waals surface area contributed by atoms with Crippen molar-refractivity contribution in [1.29, 1.82) is 0 Å². The van der Waals surface area contributed by atoms with E-state index >= 15 is 0 Å². The molecule has 1 heterocycles. The Morgan fingerprint density at radius 1 is 1.50 bits per heavy atom. The van der Waals surface area contributed by atoms with Crippen molar-refractivity contribution in [3.63, 3.8) is 0 Å². The summed E-state index contributed by atoms with van der Waals surface area (Å²) in [5, 5.41) is 20.1. The molecule has 1 fully saturated rings. The van der Waals surface area contributed by atoms with Crippen molar-refractivity contribution in [3.05, 3.63) is 0 Å². The Bertz CT molecular complexity index is 265. The lowest BCUT2D eigenvalue weighted by Gasteiger charge is -2.12. The third kappa shape index (κ3) is 3.20. The minimum atomic E-state index is -2.90. The summed E-state index contributed by atoms with van der Waals surface area (Å²) >= 11 is 0. The van der Waals surface area contributed by atoms with Gasteiger partial charge in [-0.2, -0.15) is 0 Å². The molecule has 14 heavy (non-hydrogen) atoms. The van der Waals surface area contributed by atoms with E-state index in [1.54, 1.807) is 0 Å². The van der Waals surface area contributed by atoms with Crippen LogP contribution in [-0.4, -0.2) is 55.4 Å². The van der Waals surface area contributed by atoms with Crippen molar-refractivity contribution in [2.24, 2.45) is 0 Å². The zero-order valence-corrected chi connectivity index (χ0v) is 8.83. The van der Waals surface area contributed by atoms with Gasteiger partial charge >= 0.3 is 0 Å². The predicted octanol–water partition coefficient (Wildman–Crippen LogP) is -1.49. The number of rotatable bonds is 5. The molecule has 0 saturated carbocycles. The van der Waals surface area contributed by atoms with Crippen molar-refractivity contribution in [1.82, 2.24) is 5.32 Å². The summed E-state index contributed by atoms with van der Waals surface area (Å²) in [6, 6.07) is 0. The Balaban J connectivity index is 2.25. The van der Waals surface area contributed by atoms with E-state index in [1.807, 2.05) is 0 Å². The third-order valence-corrected chi connectivity index (χ3v) is 4.70. The predicted molar refractivity (Wildman–Crippen MR) is 52.8 cm³/mol. The molecular formula is C8H17NO4S. The highest BCUT2D eigenvalue weighted by Crippen LogP contribution is 2.18. The molecule has 1 rings (SSSR count). The average molecular weight is 223 g/mol. The van der Waals surface area contributed by atoms with E-state index in [2.05, 4.69) is 5.32 Å². The van der Waals surface area contributed by atoms with E-state index in [-0.39, 0.29) is 24.2 Å². The summed E-state index contributed by atoms with van der Waals surface area (Å²) < 4.78 is 22.7. The molecule has 0 aromatic rings. The summed E-state index contributed by atoms with van der Waals surface area (Å²) in [7, 11) is -2.90. The Morgan fingerprint density at radius 3 is 2.71 bits per heavy atom. The fourth-order valence-electron chi connectivity index (χ4n) is 1.56. The second-order valence-electron chi connectivity index (χ2n) is 3.63. The van der Waals surface area contributed by atoms with E-state index in [9.17, 15) is 8.42 Å². The lowest BCUT2D eigenvalue weighted by Crippen LogP contribution is -2.36. The van der Waals surface area contributed by atoms with E-state index < -0.39 is 15.9 Å². The van der Waals surface area contributed by atoms with Gasteiger partial charge in [-0.15, -0.1) is 0 Å². The summed E-state index contributed by atoms with van der Waals surface area (Å²) in [4.78, 5) is 0. The van der Waals surface area contributed by atoms with Gasteiger partial charge in [0.05, 0.1) is 23.7 Å². The summed E-state index contributed by atoms with van der Waals surface area (Å²) in [6.45, 7) is 0.312. The molecule has 0 bridgehead atoms. The molecule has 0 aliphatic carbocycles. The molecule has 0 aromatic heterocycles. The lowest BCUT2D eigenvalue weighted by molar-refractivity contribution is 0.0946. The number of hydrogen-bond donors (Lipinski definition) is 3. The van der Waals surface area contributed by atoms with Gasteiger partial charge < -0.3 is 15.5 Å². The number of hydrogen-bond acceptors (Lipinski definition) is 5. The quantitative estimate of drug-likeness (QED) is 0.528. The van der Waals surface area contributed by atoms with Crippen LogP contribution in [0.1, 0.15) is 12.8 Å². The topological polar surface area (TPSA) is 86.6 Å². The van der Waals surface area contributed by atoms with Crippen molar-refractivity contribution in [2.45, 2.75) is 24.2 Å². The van der Waals surface area contributed by atoms with Crippen LogP contribution >= 0.6 is 0 Å². The Morgan fingerprint density at radius 2 is 2.21 bits per heavy atom. The SMILES string of the molecule is O=S1(=O)CCCC1CNC[C@H](O)CO. The van der Waals surface area contributed by atoms with Crippen molar-refractivity contribution >= 4 is 9.84 Å².